The molecule has 0 bridgehead atoms. The smallest absolute Gasteiger partial charge is 0.390 e. The second kappa shape index (κ2) is 7.41. The minimum absolute atomic E-state index is 0.0436. The van der Waals surface area contributed by atoms with Gasteiger partial charge in [-0.05, 0) is 24.1 Å². The van der Waals surface area contributed by atoms with Crippen LogP contribution in [-0.2, 0) is 26.6 Å². The van der Waals surface area contributed by atoms with E-state index in [1.165, 1.54) is 15.6 Å². The Balaban J connectivity index is 1.57. The van der Waals surface area contributed by atoms with Crippen LogP contribution < -0.4 is 11.3 Å². The van der Waals surface area contributed by atoms with E-state index in [2.05, 4.69) is 10.1 Å². The molecular weight excluding hydrogens is 396 g/mol. The molecule has 0 saturated heterocycles. The SMILES string of the molecule is Cn1cc(C#N)c2ncn(Cc3nn(CCc4ccc(Cl)cc4)c(=O)o3)c(=O)c21. The van der Waals surface area contributed by atoms with Crippen molar-refractivity contribution in [2.45, 2.75) is 19.5 Å². The summed E-state index contributed by atoms with van der Waals surface area (Å²) >= 11 is 5.87. The summed E-state index contributed by atoms with van der Waals surface area (Å²) in [6.45, 7) is 0.289. The van der Waals surface area contributed by atoms with Crippen LogP contribution in [0.3, 0.4) is 0 Å². The first-order valence-electron chi connectivity index (χ1n) is 8.72. The maximum Gasteiger partial charge on any atom is 0.437 e. The predicted octanol–water partition coefficient (Wildman–Crippen LogP) is 1.70. The summed E-state index contributed by atoms with van der Waals surface area (Å²) in [6, 6.07) is 9.34. The average Bonchev–Trinajstić information content (AvgIpc) is 3.23. The molecule has 4 rings (SSSR count). The lowest BCUT2D eigenvalue weighted by Crippen LogP contribution is -2.22. The quantitative estimate of drug-likeness (QED) is 0.495. The number of aryl methyl sites for hydroxylation is 3. The maximum atomic E-state index is 12.7. The first-order valence-corrected chi connectivity index (χ1v) is 9.10. The van der Waals surface area contributed by atoms with Gasteiger partial charge in [0, 0.05) is 18.3 Å². The molecule has 0 saturated carbocycles. The van der Waals surface area contributed by atoms with Gasteiger partial charge in [-0.3, -0.25) is 9.36 Å². The molecule has 0 aliphatic carbocycles. The number of fused-ring (bicyclic) bond motifs is 1. The van der Waals surface area contributed by atoms with Crippen LogP contribution in [0.2, 0.25) is 5.02 Å². The van der Waals surface area contributed by atoms with E-state index in [9.17, 15) is 9.59 Å². The number of rotatable bonds is 5. The van der Waals surface area contributed by atoms with Gasteiger partial charge >= 0.3 is 5.76 Å². The van der Waals surface area contributed by atoms with E-state index in [1.54, 1.807) is 29.9 Å². The zero-order valence-electron chi connectivity index (χ0n) is 15.4. The Kier molecular flexibility index (Phi) is 4.78. The van der Waals surface area contributed by atoms with E-state index >= 15 is 0 Å². The highest BCUT2D eigenvalue weighted by molar-refractivity contribution is 6.30. The summed E-state index contributed by atoms with van der Waals surface area (Å²) in [5.41, 5.74) is 1.62. The molecule has 3 aromatic heterocycles. The van der Waals surface area contributed by atoms with Crippen molar-refractivity contribution < 1.29 is 4.42 Å². The lowest BCUT2D eigenvalue weighted by atomic mass is 10.1. The normalized spacial score (nSPS) is 11.1. The summed E-state index contributed by atoms with van der Waals surface area (Å²) in [7, 11) is 1.67. The van der Waals surface area contributed by atoms with E-state index in [0.29, 0.717) is 34.6 Å². The summed E-state index contributed by atoms with van der Waals surface area (Å²) in [5.74, 6) is -0.495. The fourth-order valence-electron chi connectivity index (χ4n) is 3.09. The molecule has 0 aliphatic rings. The number of hydrogen-bond acceptors (Lipinski definition) is 6. The zero-order chi connectivity index (χ0) is 20.5. The lowest BCUT2D eigenvalue weighted by Gasteiger charge is -2.03. The Bertz CT molecular complexity index is 1350. The van der Waals surface area contributed by atoms with Crippen LogP contribution in [0.15, 0.2) is 50.8 Å². The summed E-state index contributed by atoms with van der Waals surface area (Å²) in [4.78, 5) is 29.0. The summed E-state index contributed by atoms with van der Waals surface area (Å²) < 4.78 is 9.24. The molecule has 9 nitrogen and oxygen atoms in total. The first-order chi connectivity index (χ1) is 14.0. The summed E-state index contributed by atoms with van der Waals surface area (Å²) in [5, 5.41) is 14.0. The third kappa shape index (κ3) is 3.58. The van der Waals surface area contributed by atoms with Crippen molar-refractivity contribution in [3.05, 3.63) is 79.7 Å². The molecule has 0 atom stereocenters. The monoisotopic (exact) mass is 410 g/mol. The van der Waals surface area contributed by atoms with Gasteiger partial charge in [0.2, 0.25) is 5.89 Å². The molecule has 0 unspecified atom stereocenters. The van der Waals surface area contributed by atoms with Crippen molar-refractivity contribution in [2.24, 2.45) is 7.05 Å². The lowest BCUT2D eigenvalue weighted by molar-refractivity contribution is 0.434. The fourth-order valence-corrected chi connectivity index (χ4v) is 3.22. The highest BCUT2D eigenvalue weighted by atomic mass is 35.5. The zero-order valence-corrected chi connectivity index (χ0v) is 16.1. The molecule has 10 heteroatoms. The highest BCUT2D eigenvalue weighted by Crippen LogP contribution is 2.14. The Hall–Kier alpha value is -3.64. The Morgan fingerprint density at radius 2 is 2.00 bits per heavy atom. The molecule has 29 heavy (non-hydrogen) atoms. The minimum Gasteiger partial charge on any atom is -0.390 e. The van der Waals surface area contributed by atoms with Gasteiger partial charge in [0.15, 0.2) is 0 Å². The van der Waals surface area contributed by atoms with Crippen molar-refractivity contribution in [1.82, 2.24) is 23.9 Å². The average molecular weight is 411 g/mol. The van der Waals surface area contributed by atoms with Crippen molar-refractivity contribution in [3.63, 3.8) is 0 Å². The van der Waals surface area contributed by atoms with Gasteiger partial charge in [-0.2, -0.15) is 9.94 Å². The van der Waals surface area contributed by atoms with Crippen molar-refractivity contribution >= 4 is 22.6 Å². The third-order valence-corrected chi connectivity index (χ3v) is 4.80. The van der Waals surface area contributed by atoms with Crippen LogP contribution in [0.1, 0.15) is 17.0 Å². The maximum absolute atomic E-state index is 12.7. The van der Waals surface area contributed by atoms with E-state index in [4.69, 9.17) is 21.3 Å². The molecule has 0 radical (unpaired) electrons. The number of hydrogen-bond donors (Lipinski definition) is 0. The molecular formula is C19H15ClN6O3. The third-order valence-electron chi connectivity index (χ3n) is 4.54. The number of halogens is 1. The molecule has 3 heterocycles. The van der Waals surface area contributed by atoms with Gasteiger partial charge in [-0.25, -0.2) is 9.78 Å². The molecule has 0 spiro atoms. The van der Waals surface area contributed by atoms with E-state index < -0.39 is 5.76 Å². The molecule has 0 aliphatic heterocycles. The van der Waals surface area contributed by atoms with Gasteiger partial charge in [0.1, 0.15) is 23.6 Å². The van der Waals surface area contributed by atoms with Gasteiger partial charge in [0.25, 0.3) is 5.56 Å². The number of benzene rings is 1. The van der Waals surface area contributed by atoms with Crippen LogP contribution >= 0.6 is 11.6 Å². The van der Waals surface area contributed by atoms with E-state index in [0.717, 1.165) is 5.56 Å². The number of nitrogens with zero attached hydrogens (tertiary/aromatic N) is 6. The van der Waals surface area contributed by atoms with Gasteiger partial charge in [-0.1, -0.05) is 23.7 Å². The van der Waals surface area contributed by atoms with Gasteiger partial charge in [-0.15, -0.1) is 5.10 Å². The second-order valence-electron chi connectivity index (χ2n) is 6.50. The second-order valence-corrected chi connectivity index (χ2v) is 6.94. The number of nitriles is 1. The standard InChI is InChI=1S/C19H15ClN6O3/c1-24-9-13(8-21)16-17(24)18(27)25(11-22-16)10-15-23-26(19(28)29-15)7-6-12-2-4-14(20)5-3-12/h2-5,9,11H,6-7,10H2,1H3. The Labute approximate surface area is 169 Å². The van der Waals surface area contributed by atoms with Crippen molar-refractivity contribution in [1.29, 1.82) is 5.26 Å². The van der Waals surface area contributed by atoms with Crippen LogP contribution in [0.25, 0.3) is 11.0 Å². The molecule has 4 aromatic rings. The first kappa shape index (κ1) is 18.7. The van der Waals surface area contributed by atoms with Crippen LogP contribution in [0.4, 0.5) is 0 Å². The summed E-state index contributed by atoms with van der Waals surface area (Å²) in [6.07, 6.45) is 3.45. The van der Waals surface area contributed by atoms with Gasteiger partial charge < -0.3 is 8.98 Å². The molecule has 0 fully saturated rings. The van der Waals surface area contributed by atoms with Crippen LogP contribution in [0.5, 0.6) is 0 Å². The van der Waals surface area contributed by atoms with Crippen molar-refractivity contribution in [2.75, 3.05) is 0 Å². The Morgan fingerprint density at radius 1 is 1.24 bits per heavy atom. The minimum atomic E-state index is -0.596. The molecule has 0 N–H and O–H groups in total. The highest BCUT2D eigenvalue weighted by Gasteiger charge is 2.15. The fraction of sp³-hybridized carbons (Fsp3) is 0.211. The molecule has 0 amide bonds. The van der Waals surface area contributed by atoms with Crippen molar-refractivity contribution in [3.8, 4) is 6.07 Å². The topological polar surface area (TPSA) is 112 Å². The molecule has 1 aromatic carbocycles. The largest absolute Gasteiger partial charge is 0.437 e. The number of aromatic nitrogens is 5. The predicted molar refractivity (Wildman–Crippen MR) is 105 cm³/mol. The Morgan fingerprint density at radius 3 is 2.72 bits per heavy atom. The van der Waals surface area contributed by atoms with Crippen LogP contribution in [0, 0.1) is 11.3 Å². The van der Waals surface area contributed by atoms with Gasteiger partial charge in [0.05, 0.1) is 18.4 Å². The molecule has 146 valence electrons. The van der Waals surface area contributed by atoms with Crippen LogP contribution in [-0.4, -0.2) is 23.9 Å². The van der Waals surface area contributed by atoms with E-state index in [-0.39, 0.29) is 18.0 Å². The van der Waals surface area contributed by atoms with E-state index in [1.807, 2.05) is 18.2 Å².